The molecule has 0 aromatic carbocycles. The van der Waals surface area contributed by atoms with Gasteiger partial charge in [-0.2, -0.15) is 15.0 Å². The molecule has 0 saturated carbocycles. The van der Waals surface area contributed by atoms with Crippen molar-refractivity contribution in [1.29, 1.82) is 0 Å². The van der Waals surface area contributed by atoms with Gasteiger partial charge in [-0.3, -0.25) is 14.7 Å². The van der Waals surface area contributed by atoms with Crippen LogP contribution in [0.2, 0.25) is 0 Å². The van der Waals surface area contributed by atoms with Crippen LogP contribution in [0.4, 0.5) is 17.8 Å². The highest BCUT2D eigenvalue weighted by Gasteiger charge is 2.20. The van der Waals surface area contributed by atoms with Crippen molar-refractivity contribution in [3.8, 4) is 0 Å². The first-order valence-electron chi connectivity index (χ1n) is 8.38. The number of hydrogen-bond donors (Lipinski definition) is 0. The Morgan fingerprint density at radius 1 is 0.517 bits per heavy atom. The van der Waals surface area contributed by atoms with E-state index in [1.54, 1.807) is 57.4 Å². The SMILES string of the molecule is C=O.COCN(COC)c1nc(N(COC)COC)nc(N(COC)COC)n1. The van der Waals surface area contributed by atoms with Crippen LogP contribution in [0.5, 0.6) is 0 Å². The molecule has 0 atom stereocenters. The average Bonchev–Trinajstić information content (AvgIpc) is 2.74. The van der Waals surface area contributed by atoms with Crippen LogP contribution in [0, 0.1) is 0 Å². The highest BCUT2D eigenvalue weighted by molar-refractivity contribution is 5.45. The Hall–Kier alpha value is -2.16. The second kappa shape index (κ2) is 16.8. The van der Waals surface area contributed by atoms with Crippen LogP contribution in [0.3, 0.4) is 0 Å². The molecule has 1 aromatic rings. The summed E-state index contributed by atoms with van der Waals surface area (Å²) in [7, 11) is 9.48. The van der Waals surface area contributed by atoms with E-state index >= 15 is 0 Å². The third-order valence-corrected chi connectivity index (χ3v) is 3.16. The Morgan fingerprint density at radius 2 is 0.690 bits per heavy atom. The van der Waals surface area contributed by atoms with E-state index in [9.17, 15) is 0 Å². The minimum atomic E-state index is 0.236. The van der Waals surface area contributed by atoms with Gasteiger partial charge in [0.1, 0.15) is 47.2 Å². The van der Waals surface area contributed by atoms with Gasteiger partial charge in [0.2, 0.25) is 17.8 Å². The van der Waals surface area contributed by atoms with Crippen molar-refractivity contribution in [2.45, 2.75) is 0 Å². The zero-order valence-corrected chi connectivity index (χ0v) is 18.0. The van der Waals surface area contributed by atoms with Crippen LogP contribution in [0.1, 0.15) is 0 Å². The number of methoxy groups -OCH3 is 6. The third-order valence-electron chi connectivity index (χ3n) is 3.16. The summed E-state index contributed by atoms with van der Waals surface area (Å²) in [6, 6.07) is 0. The lowest BCUT2D eigenvalue weighted by Gasteiger charge is -2.27. The number of nitrogens with zero attached hydrogens (tertiary/aromatic N) is 6. The lowest BCUT2D eigenvalue weighted by Crippen LogP contribution is -2.36. The van der Waals surface area contributed by atoms with Crippen molar-refractivity contribution in [3.63, 3.8) is 0 Å². The minimum absolute atomic E-state index is 0.236. The molecule has 0 aliphatic heterocycles. The number of carbonyl (C=O) groups is 1. The first kappa shape index (κ1) is 26.8. The van der Waals surface area contributed by atoms with Gasteiger partial charge in [0, 0.05) is 42.7 Å². The lowest BCUT2D eigenvalue weighted by molar-refractivity contribution is -0.0979. The molecule has 0 aliphatic rings. The van der Waals surface area contributed by atoms with Gasteiger partial charge in [-0.1, -0.05) is 0 Å². The summed E-state index contributed by atoms with van der Waals surface area (Å²) in [5.74, 6) is 1.11. The summed E-state index contributed by atoms with van der Waals surface area (Å²) >= 11 is 0. The predicted molar refractivity (Wildman–Crippen MR) is 106 cm³/mol. The predicted octanol–water partition coefficient (Wildman–Crippen LogP) is -0.271. The van der Waals surface area contributed by atoms with Gasteiger partial charge in [-0.15, -0.1) is 0 Å². The Balaban J connectivity index is 0.00000379. The number of carbonyl (C=O) groups excluding carboxylic acids is 1. The number of aromatic nitrogens is 3. The normalized spacial score (nSPS) is 10.3. The highest BCUT2D eigenvalue weighted by Crippen LogP contribution is 2.19. The maximum atomic E-state index is 8.00. The van der Waals surface area contributed by atoms with Gasteiger partial charge in [0.25, 0.3) is 0 Å². The second-order valence-corrected chi connectivity index (χ2v) is 5.36. The standard InChI is InChI=1S/C15H30N6O6.CH2O/c1-22-7-19(8-23-2)13-16-14(20(9-24-3)10-25-4)18-15(17-13)21(11-26-5)12-27-6;1-2/h7-12H2,1-6H3;1H2. The van der Waals surface area contributed by atoms with Gasteiger partial charge >= 0.3 is 0 Å². The molecular weight excluding hydrogens is 388 g/mol. The number of hydrogen-bond acceptors (Lipinski definition) is 13. The summed E-state index contributed by atoms with van der Waals surface area (Å²) in [6.07, 6.45) is 0. The van der Waals surface area contributed by atoms with E-state index in [2.05, 4.69) is 15.0 Å². The Labute approximate surface area is 171 Å². The van der Waals surface area contributed by atoms with Crippen molar-refractivity contribution >= 4 is 24.6 Å². The van der Waals surface area contributed by atoms with E-state index in [1.807, 2.05) is 6.79 Å². The molecule has 1 aromatic heterocycles. The fourth-order valence-corrected chi connectivity index (χ4v) is 2.16. The van der Waals surface area contributed by atoms with E-state index in [0.717, 1.165) is 0 Å². The summed E-state index contributed by atoms with van der Waals surface area (Å²) in [5, 5.41) is 0. The molecule has 0 saturated heterocycles. The lowest BCUT2D eigenvalue weighted by atomic mass is 10.6. The summed E-state index contributed by atoms with van der Waals surface area (Å²) < 4.78 is 31.3. The first-order chi connectivity index (χ1) is 14.1. The number of anilines is 3. The van der Waals surface area contributed by atoms with Crippen molar-refractivity contribution in [2.24, 2.45) is 0 Å². The molecule has 0 amide bonds. The molecule has 13 nitrogen and oxygen atoms in total. The molecule has 0 bridgehead atoms. The van der Waals surface area contributed by atoms with Crippen molar-refractivity contribution in [2.75, 3.05) is 97.7 Å². The summed E-state index contributed by atoms with van der Waals surface area (Å²) in [5.41, 5.74) is 0. The molecule has 0 spiro atoms. The maximum absolute atomic E-state index is 8.00. The third kappa shape index (κ3) is 9.25. The number of ether oxygens (including phenoxy) is 6. The fraction of sp³-hybridized carbons (Fsp3) is 0.750. The van der Waals surface area contributed by atoms with E-state index in [4.69, 9.17) is 33.2 Å². The van der Waals surface area contributed by atoms with Crippen LogP contribution in [0.15, 0.2) is 0 Å². The van der Waals surface area contributed by atoms with E-state index < -0.39 is 0 Å². The smallest absolute Gasteiger partial charge is 0.235 e. The van der Waals surface area contributed by atoms with Crippen LogP contribution in [-0.4, -0.2) is 105 Å². The van der Waals surface area contributed by atoms with Crippen LogP contribution < -0.4 is 14.7 Å². The van der Waals surface area contributed by atoms with Gasteiger partial charge in [0.15, 0.2) is 0 Å². The minimum Gasteiger partial charge on any atom is -0.364 e. The van der Waals surface area contributed by atoms with Crippen molar-refractivity contribution in [1.82, 2.24) is 15.0 Å². The van der Waals surface area contributed by atoms with Gasteiger partial charge < -0.3 is 33.2 Å². The largest absolute Gasteiger partial charge is 0.364 e. The molecule has 0 radical (unpaired) electrons. The molecule has 0 unspecified atom stereocenters. The molecule has 1 heterocycles. The molecule has 1 rings (SSSR count). The molecule has 0 fully saturated rings. The quantitative estimate of drug-likeness (QED) is 0.346. The zero-order valence-electron chi connectivity index (χ0n) is 18.0. The maximum Gasteiger partial charge on any atom is 0.235 e. The topological polar surface area (TPSA) is 121 Å². The van der Waals surface area contributed by atoms with E-state index in [0.29, 0.717) is 17.8 Å². The van der Waals surface area contributed by atoms with E-state index in [1.165, 1.54) is 0 Å². The Kier molecular flexibility index (Phi) is 15.5. The number of rotatable bonds is 15. The zero-order chi connectivity index (χ0) is 22.1. The highest BCUT2D eigenvalue weighted by atomic mass is 16.5. The molecule has 29 heavy (non-hydrogen) atoms. The van der Waals surface area contributed by atoms with Gasteiger partial charge in [-0.25, -0.2) is 0 Å². The summed E-state index contributed by atoms with van der Waals surface area (Å²) in [4.78, 5) is 26.7. The average molecular weight is 420 g/mol. The summed E-state index contributed by atoms with van der Waals surface area (Å²) in [6.45, 7) is 3.42. The first-order valence-corrected chi connectivity index (χ1v) is 8.38. The monoisotopic (exact) mass is 420 g/mol. The Bertz CT molecular complexity index is 441. The molecular formula is C16H32N6O7. The molecule has 13 heteroatoms. The van der Waals surface area contributed by atoms with E-state index in [-0.39, 0.29) is 40.4 Å². The van der Waals surface area contributed by atoms with Crippen molar-refractivity contribution < 1.29 is 33.2 Å². The molecule has 168 valence electrons. The van der Waals surface area contributed by atoms with Crippen LogP contribution in [0.25, 0.3) is 0 Å². The molecule has 0 aliphatic carbocycles. The van der Waals surface area contributed by atoms with Crippen molar-refractivity contribution in [3.05, 3.63) is 0 Å². The van der Waals surface area contributed by atoms with Crippen LogP contribution >= 0.6 is 0 Å². The Morgan fingerprint density at radius 3 is 0.828 bits per heavy atom. The molecule has 0 N–H and O–H groups in total. The van der Waals surface area contributed by atoms with Crippen LogP contribution in [-0.2, 0) is 33.2 Å². The van der Waals surface area contributed by atoms with Gasteiger partial charge in [-0.05, 0) is 0 Å². The fourth-order valence-electron chi connectivity index (χ4n) is 2.16. The second-order valence-electron chi connectivity index (χ2n) is 5.36. The van der Waals surface area contributed by atoms with Gasteiger partial charge in [0.05, 0.1) is 0 Å².